The van der Waals surface area contributed by atoms with Crippen molar-refractivity contribution >= 4 is 47.3 Å². The van der Waals surface area contributed by atoms with E-state index in [4.69, 9.17) is 0 Å². The summed E-state index contributed by atoms with van der Waals surface area (Å²) in [6.07, 6.45) is 5.18. The molecule has 0 bridgehead atoms. The van der Waals surface area contributed by atoms with Crippen molar-refractivity contribution in [2.24, 2.45) is 4.99 Å². The fourth-order valence-electron chi connectivity index (χ4n) is 4.13. The first-order chi connectivity index (χ1) is 15.1. The Morgan fingerprint density at radius 2 is 2.03 bits per heavy atom. The molecule has 2 N–H and O–H groups in total. The van der Waals surface area contributed by atoms with E-state index in [1.807, 2.05) is 34.1 Å². The molecule has 2 aliphatic heterocycles. The summed E-state index contributed by atoms with van der Waals surface area (Å²) < 4.78 is 14.0. The van der Waals surface area contributed by atoms with Crippen LogP contribution in [0, 0.1) is 5.82 Å². The van der Waals surface area contributed by atoms with Crippen molar-refractivity contribution in [3.05, 3.63) is 54.0 Å². The van der Waals surface area contributed by atoms with Crippen molar-refractivity contribution in [2.75, 3.05) is 36.5 Å². The highest BCUT2D eigenvalue weighted by atomic mass is 127. The molecule has 1 unspecified atom stereocenters. The van der Waals surface area contributed by atoms with E-state index in [-0.39, 0.29) is 41.7 Å². The van der Waals surface area contributed by atoms with E-state index in [0.29, 0.717) is 31.3 Å². The highest BCUT2D eigenvalue weighted by molar-refractivity contribution is 14.0. The monoisotopic (exact) mass is 552 g/mol. The Bertz CT molecular complexity index is 938. The summed E-state index contributed by atoms with van der Waals surface area (Å²) in [5.41, 5.74) is 2.07. The summed E-state index contributed by atoms with van der Waals surface area (Å²) >= 11 is 0. The lowest BCUT2D eigenvalue weighted by Gasteiger charge is -2.27. The molecule has 32 heavy (non-hydrogen) atoms. The molecule has 1 aromatic carbocycles. The average molecular weight is 552 g/mol. The van der Waals surface area contributed by atoms with Gasteiger partial charge in [0.2, 0.25) is 5.91 Å². The zero-order chi connectivity index (χ0) is 21.6. The van der Waals surface area contributed by atoms with Crippen molar-refractivity contribution in [1.82, 2.24) is 15.6 Å². The van der Waals surface area contributed by atoms with E-state index in [2.05, 4.69) is 20.6 Å². The summed E-state index contributed by atoms with van der Waals surface area (Å²) in [6, 6.07) is 11.3. The van der Waals surface area contributed by atoms with Crippen LogP contribution in [-0.2, 0) is 11.3 Å². The average Bonchev–Trinajstić information content (AvgIpc) is 3.26. The van der Waals surface area contributed by atoms with Gasteiger partial charge in [-0.05, 0) is 49.1 Å². The van der Waals surface area contributed by atoms with Crippen LogP contribution in [0.25, 0.3) is 0 Å². The molecule has 9 heteroatoms. The molecule has 0 radical (unpaired) electrons. The summed E-state index contributed by atoms with van der Waals surface area (Å²) in [4.78, 5) is 24.4. The molecule has 172 valence electrons. The lowest BCUT2D eigenvalue weighted by Crippen LogP contribution is -2.44. The van der Waals surface area contributed by atoms with Crippen LogP contribution in [0.5, 0.6) is 0 Å². The zero-order valence-electron chi connectivity index (χ0n) is 18.3. The molecular formula is C23H30FIN6O. The number of rotatable bonds is 5. The molecule has 3 heterocycles. The van der Waals surface area contributed by atoms with Crippen molar-refractivity contribution < 1.29 is 9.18 Å². The molecule has 2 saturated heterocycles. The molecule has 0 aliphatic carbocycles. The number of guanidine groups is 1. The van der Waals surface area contributed by atoms with E-state index in [1.54, 1.807) is 19.3 Å². The Morgan fingerprint density at radius 3 is 2.75 bits per heavy atom. The molecule has 2 aromatic rings. The number of pyridine rings is 1. The summed E-state index contributed by atoms with van der Waals surface area (Å²) in [6.45, 7) is 2.85. The number of benzene rings is 1. The molecule has 7 nitrogen and oxygen atoms in total. The fraction of sp³-hybridized carbons (Fsp3) is 0.435. The Morgan fingerprint density at radius 1 is 1.22 bits per heavy atom. The minimum absolute atomic E-state index is 0. The summed E-state index contributed by atoms with van der Waals surface area (Å²) in [5.74, 6) is 1.03. The van der Waals surface area contributed by atoms with Gasteiger partial charge < -0.3 is 20.4 Å². The smallest absolute Gasteiger partial charge is 0.226 e. The van der Waals surface area contributed by atoms with Gasteiger partial charge >= 0.3 is 0 Å². The summed E-state index contributed by atoms with van der Waals surface area (Å²) in [5, 5.41) is 6.75. The van der Waals surface area contributed by atoms with Gasteiger partial charge in [0.25, 0.3) is 0 Å². The predicted molar refractivity (Wildman–Crippen MR) is 136 cm³/mol. The fourth-order valence-corrected chi connectivity index (χ4v) is 4.13. The zero-order valence-corrected chi connectivity index (χ0v) is 20.6. The van der Waals surface area contributed by atoms with Crippen molar-refractivity contribution in [1.29, 1.82) is 0 Å². The first-order valence-corrected chi connectivity index (χ1v) is 10.9. The Labute approximate surface area is 205 Å². The number of carbonyl (C=O) groups is 1. The number of halogens is 2. The number of amides is 1. The van der Waals surface area contributed by atoms with Gasteiger partial charge in [-0.15, -0.1) is 24.0 Å². The molecule has 4 rings (SSSR count). The van der Waals surface area contributed by atoms with Gasteiger partial charge in [0.15, 0.2) is 17.6 Å². The number of nitrogens with zero attached hydrogens (tertiary/aromatic N) is 4. The van der Waals surface area contributed by atoms with Crippen LogP contribution in [0.4, 0.5) is 15.9 Å². The van der Waals surface area contributed by atoms with Gasteiger partial charge in [0, 0.05) is 57.6 Å². The van der Waals surface area contributed by atoms with Gasteiger partial charge in [-0.2, -0.15) is 0 Å². The Balaban J connectivity index is 0.00000289. The number of aliphatic imine (C=N–C) groups is 1. The Kier molecular flexibility index (Phi) is 8.66. The van der Waals surface area contributed by atoms with Crippen LogP contribution < -0.4 is 20.4 Å². The molecule has 2 fully saturated rings. The largest absolute Gasteiger partial charge is 0.352 e. The van der Waals surface area contributed by atoms with Crippen LogP contribution in [0.1, 0.15) is 31.2 Å². The molecule has 1 aromatic heterocycles. The first-order valence-electron chi connectivity index (χ1n) is 10.9. The highest BCUT2D eigenvalue weighted by Crippen LogP contribution is 2.22. The lowest BCUT2D eigenvalue weighted by molar-refractivity contribution is -0.119. The maximum absolute atomic E-state index is 14.0. The van der Waals surface area contributed by atoms with E-state index in [0.717, 1.165) is 43.6 Å². The molecular weight excluding hydrogens is 522 g/mol. The van der Waals surface area contributed by atoms with Gasteiger partial charge in [-0.3, -0.25) is 9.79 Å². The molecule has 2 aliphatic rings. The van der Waals surface area contributed by atoms with E-state index in [9.17, 15) is 9.18 Å². The van der Waals surface area contributed by atoms with Crippen molar-refractivity contribution in [3.8, 4) is 0 Å². The quantitative estimate of drug-likeness (QED) is 0.339. The normalized spacial score (nSPS) is 19.0. The number of aromatic nitrogens is 1. The van der Waals surface area contributed by atoms with Gasteiger partial charge in [-0.1, -0.05) is 12.1 Å². The van der Waals surface area contributed by atoms with Gasteiger partial charge in [0.05, 0.1) is 0 Å². The number of nitrogens with one attached hydrogen (secondary N) is 2. The standard InChI is InChI=1S/C23H29FN6O.HI/c1-25-23(28-18-11-14-29(16-18)22-20(24)5-4-12-26-22)27-15-17-7-9-19(10-8-17)30-13-3-2-6-21(30)31;/h4-5,7-10,12,18H,2-3,6,11,13-16H2,1H3,(H2,25,27,28);1H. The maximum Gasteiger partial charge on any atom is 0.226 e. The van der Waals surface area contributed by atoms with Crippen molar-refractivity contribution in [2.45, 2.75) is 38.3 Å². The third-order valence-corrected chi connectivity index (χ3v) is 5.82. The maximum atomic E-state index is 14.0. The number of piperidine rings is 1. The van der Waals surface area contributed by atoms with Crippen LogP contribution in [0.15, 0.2) is 47.6 Å². The number of hydrogen-bond acceptors (Lipinski definition) is 4. The van der Waals surface area contributed by atoms with E-state index < -0.39 is 0 Å². The third-order valence-electron chi connectivity index (χ3n) is 5.82. The summed E-state index contributed by atoms with van der Waals surface area (Å²) in [7, 11) is 1.74. The Hall–Kier alpha value is -2.43. The highest BCUT2D eigenvalue weighted by Gasteiger charge is 2.26. The van der Waals surface area contributed by atoms with E-state index in [1.165, 1.54) is 6.07 Å². The minimum atomic E-state index is -0.291. The van der Waals surface area contributed by atoms with Gasteiger partial charge in [0.1, 0.15) is 0 Å². The third kappa shape index (κ3) is 5.87. The first kappa shape index (κ1) is 24.2. The SMILES string of the molecule is CN=C(NCc1ccc(N2CCCCC2=O)cc1)NC1CCN(c2ncccc2F)C1.I. The second kappa shape index (κ2) is 11.4. The number of hydrogen-bond donors (Lipinski definition) is 2. The van der Waals surface area contributed by atoms with Crippen LogP contribution in [-0.4, -0.2) is 49.6 Å². The topological polar surface area (TPSA) is 72.9 Å². The lowest BCUT2D eigenvalue weighted by atomic mass is 10.1. The minimum Gasteiger partial charge on any atom is -0.352 e. The molecule has 1 atom stereocenters. The molecule has 1 amide bonds. The number of carbonyl (C=O) groups excluding carboxylic acids is 1. The number of anilines is 2. The second-order valence-corrected chi connectivity index (χ2v) is 7.98. The van der Waals surface area contributed by atoms with Gasteiger partial charge in [-0.25, -0.2) is 9.37 Å². The van der Waals surface area contributed by atoms with Crippen LogP contribution >= 0.6 is 24.0 Å². The molecule has 0 saturated carbocycles. The second-order valence-electron chi connectivity index (χ2n) is 7.98. The molecule has 0 spiro atoms. The predicted octanol–water partition coefficient (Wildman–Crippen LogP) is 3.30. The van der Waals surface area contributed by atoms with Crippen LogP contribution in [0.2, 0.25) is 0 Å². The van der Waals surface area contributed by atoms with Crippen molar-refractivity contribution in [3.63, 3.8) is 0 Å². The van der Waals surface area contributed by atoms with E-state index >= 15 is 0 Å². The van der Waals surface area contributed by atoms with Crippen LogP contribution in [0.3, 0.4) is 0 Å².